The minimum Gasteiger partial charge on any atom is -0.298 e. The first kappa shape index (κ1) is 9.75. The summed E-state index contributed by atoms with van der Waals surface area (Å²) in [5.41, 5.74) is 0. The third kappa shape index (κ3) is 0.925. The number of carbonyl (C=O) groups is 3. The largest absolute Gasteiger partial charge is 0.298 e. The first-order valence-electron chi connectivity index (χ1n) is 5.74. The average Bonchev–Trinajstić information content (AvgIpc) is 2.84. The third-order valence-electron chi connectivity index (χ3n) is 3.89. The van der Waals surface area contributed by atoms with E-state index in [0.29, 0.717) is 6.54 Å². The molecule has 84 valence electrons. The number of fused-ring (bicyclic) bond motifs is 5. The molecule has 0 spiro atoms. The summed E-state index contributed by atoms with van der Waals surface area (Å²) >= 11 is 0. The molecule has 0 aromatic rings. The monoisotopic (exact) mass is 219 g/mol. The molecule has 2 bridgehead atoms. The highest BCUT2D eigenvalue weighted by Crippen LogP contribution is 2.50. The predicted octanol–water partition coefficient (Wildman–Crippen LogP) is 0.382. The minimum absolute atomic E-state index is 0.0628. The number of hydrogen-bond donors (Lipinski definition) is 0. The van der Waals surface area contributed by atoms with Gasteiger partial charge in [-0.15, -0.1) is 0 Å². The van der Waals surface area contributed by atoms with E-state index in [1.165, 1.54) is 4.90 Å². The maximum Gasteiger partial charge on any atom is 0.234 e. The molecule has 2 aliphatic carbocycles. The molecule has 1 heterocycles. The standard InChI is InChI=1S/C12H13NO3/c1-2-5-13-11(15)8-6-3-4-7(10(6)14)9(8)12(13)16/h3-4,6-9H,2,5H2,1H3. The summed E-state index contributed by atoms with van der Waals surface area (Å²) in [6.07, 6.45) is 4.37. The molecule has 0 N–H and O–H groups in total. The molecule has 0 aromatic carbocycles. The second-order valence-electron chi connectivity index (χ2n) is 4.72. The van der Waals surface area contributed by atoms with Gasteiger partial charge in [0.15, 0.2) is 0 Å². The van der Waals surface area contributed by atoms with Gasteiger partial charge in [-0.05, 0) is 6.42 Å². The number of Topliss-reactive ketones (excluding diaryl/α,β-unsaturated/α-hetero) is 1. The van der Waals surface area contributed by atoms with E-state index in [4.69, 9.17) is 0 Å². The molecule has 16 heavy (non-hydrogen) atoms. The molecule has 3 aliphatic rings. The van der Waals surface area contributed by atoms with Crippen LogP contribution in [0, 0.1) is 23.7 Å². The average molecular weight is 219 g/mol. The first-order valence-corrected chi connectivity index (χ1v) is 5.74. The van der Waals surface area contributed by atoms with Crippen molar-refractivity contribution in [3.63, 3.8) is 0 Å². The Bertz CT molecular complexity index is 392. The maximum absolute atomic E-state index is 12.0. The van der Waals surface area contributed by atoms with Gasteiger partial charge >= 0.3 is 0 Å². The van der Waals surface area contributed by atoms with Crippen LogP contribution >= 0.6 is 0 Å². The van der Waals surface area contributed by atoms with Crippen molar-refractivity contribution in [3.05, 3.63) is 12.2 Å². The van der Waals surface area contributed by atoms with E-state index in [-0.39, 0.29) is 41.3 Å². The van der Waals surface area contributed by atoms with E-state index in [0.717, 1.165) is 6.42 Å². The lowest BCUT2D eigenvalue weighted by Gasteiger charge is -2.15. The Morgan fingerprint density at radius 3 is 2.00 bits per heavy atom. The van der Waals surface area contributed by atoms with Crippen LogP contribution in [0.15, 0.2) is 12.2 Å². The quantitative estimate of drug-likeness (QED) is 0.498. The van der Waals surface area contributed by atoms with Crippen LogP contribution in [0.2, 0.25) is 0 Å². The van der Waals surface area contributed by atoms with E-state index in [1.54, 1.807) is 12.2 Å². The van der Waals surface area contributed by atoms with Gasteiger partial charge in [0, 0.05) is 18.4 Å². The number of rotatable bonds is 2. The fourth-order valence-electron chi connectivity index (χ4n) is 3.22. The van der Waals surface area contributed by atoms with E-state index < -0.39 is 0 Å². The molecule has 1 saturated heterocycles. The van der Waals surface area contributed by atoms with Crippen LogP contribution in [0.5, 0.6) is 0 Å². The van der Waals surface area contributed by atoms with Crippen molar-refractivity contribution in [2.75, 3.05) is 6.54 Å². The van der Waals surface area contributed by atoms with Gasteiger partial charge in [0.1, 0.15) is 5.78 Å². The maximum atomic E-state index is 12.0. The lowest BCUT2D eigenvalue weighted by molar-refractivity contribution is -0.142. The molecule has 0 radical (unpaired) electrons. The fraction of sp³-hybridized carbons (Fsp3) is 0.583. The Labute approximate surface area is 93.3 Å². The normalized spacial score (nSPS) is 40.1. The highest BCUT2D eigenvalue weighted by molar-refractivity contribution is 6.13. The number of carbonyl (C=O) groups excluding carboxylic acids is 3. The molecule has 4 nitrogen and oxygen atoms in total. The molecule has 2 amide bonds. The van der Waals surface area contributed by atoms with Crippen LogP contribution in [0.4, 0.5) is 0 Å². The Morgan fingerprint density at radius 2 is 1.56 bits per heavy atom. The molecule has 4 unspecified atom stereocenters. The second kappa shape index (κ2) is 3.03. The molecule has 3 rings (SSSR count). The fourth-order valence-corrected chi connectivity index (χ4v) is 3.22. The van der Waals surface area contributed by atoms with Gasteiger partial charge in [-0.3, -0.25) is 19.3 Å². The molecule has 4 atom stereocenters. The SMILES string of the molecule is CCCN1C(=O)C2C3C=CC(C3=O)C2C1=O. The van der Waals surface area contributed by atoms with Crippen LogP contribution < -0.4 is 0 Å². The third-order valence-corrected chi connectivity index (χ3v) is 3.89. The molecule has 1 saturated carbocycles. The second-order valence-corrected chi connectivity index (χ2v) is 4.72. The number of nitrogens with zero attached hydrogens (tertiary/aromatic N) is 1. The zero-order chi connectivity index (χ0) is 11.4. The molecule has 1 aliphatic heterocycles. The molecule has 0 aromatic heterocycles. The van der Waals surface area contributed by atoms with Crippen LogP contribution in [0.3, 0.4) is 0 Å². The van der Waals surface area contributed by atoms with Crippen molar-refractivity contribution in [1.29, 1.82) is 0 Å². The van der Waals surface area contributed by atoms with Gasteiger partial charge in [-0.1, -0.05) is 19.1 Å². The Kier molecular flexibility index (Phi) is 1.85. The molecule has 4 heteroatoms. The topological polar surface area (TPSA) is 54.5 Å². The highest BCUT2D eigenvalue weighted by atomic mass is 16.2. The zero-order valence-corrected chi connectivity index (χ0v) is 9.05. The van der Waals surface area contributed by atoms with Gasteiger partial charge < -0.3 is 0 Å². The van der Waals surface area contributed by atoms with Crippen molar-refractivity contribution in [1.82, 2.24) is 4.90 Å². The van der Waals surface area contributed by atoms with Crippen molar-refractivity contribution in [2.24, 2.45) is 23.7 Å². The summed E-state index contributed by atoms with van der Waals surface area (Å²) in [5.74, 6) is -1.64. The summed E-state index contributed by atoms with van der Waals surface area (Å²) in [6.45, 7) is 2.42. The zero-order valence-electron chi connectivity index (χ0n) is 9.05. The number of likely N-dealkylation sites (tertiary alicyclic amines) is 1. The van der Waals surface area contributed by atoms with Gasteiger partial charge in [0.25, 0.3) is 0 Å². The van der Waals surface area contributed by atoms with Crippen molar-refractivity contribution in [3.8, 4) is 0 Å². The van der Waals surface area contributed by atoms with Gasteiger partial charge in [-0.2, -0.15) is 0 Å². The lowest BCUT2D eigenvalue weighted by atomic mass is 9.85. The van der Waals surface area contributed by atoms with Crippen LogP contribution in [-0.2, 0) is 14.4 Å². The molecule has 2 fully saturated rings. The summed E-state index contributed by atoms with van der Waals surface area (Å²) in [5, 5.41) is 0. The van der Waals surface area contributed by atoms with Crippen LogP contribution in [0.1, 0.15) is 13.3 Å². The van der Waals surface area contributed by atoms with E-state index in [9.17, 15) is 14.4 Å². The van der Waals surface area contributed by atoms with E-state index in [2.05, 4.69) is 0 Å². The number of imide groups is 1. The molecular weight excluding hydrogens is 206 g/mol. The Hall–Kier alpha value is -1.45. The van der Waals surface area contributed by atoms with Gasteiger partial charge in [0.05, 0.1) is 11.8 Å². The first-order chi connectivity index (χ1) is 7.66. The summed E-state index contributed by atoms with van der Waals surface area (Å²) in [4.78, 5) is 37.2. The minimum atomic E-state index is -0.387. The number of amides is 2. The van der Waals surface area contributed by atoms with Crippen LogP contribution in [-0.4, -0.2) is 29.0 Å². The smallest absolute Gasteiger partial charge is 0.234 e. The Balaban J connectivity index is 1.98. The van der Waals surface area contributed by atoms with E-state index in [1.807, 2.05) is 6.92 Å². The number of ketones is 1. The van der Waals surface area contributed by atoms with Crippen molar-refractivity contribution >= 4 is 17.6 Å². The number of allylic oxidation sites excluding steroid dienone is 2. The van der Waals surface area contributed by atoms with E-state index >= 15 is 0 Å². The number of hydrogen-bond acceptors (Lipinski definition) is 3. The van der Waals surface area contributed by atoms with Crippen molar-refractivity contribution in [2.45, 2.75) is 13.3 Å². The van der Waals surface area contributed by atoms with Crippen molar-refractivity contribution < 1.29 is 14.4 Å². The lowest BCUT2D eigenvalue weighted by Crippen LogP contribution is -2.34. The summed E-state index contributed by atoms with van der Waals surface area (Å²) in [6, 6.07) is 0. The van der Waals surface area contributed by atoms with Crippen LogP contribution in [0.25, 0.3) is 0 Å². The van der Waals surface area contributed by atoms with Gasteiger partial charge in [0.2, 0.25) is 11.8 Å². The molecular formula is C12H13NO3. The highest BCUT2D eigenvalue weighted by Gasteiger charge is 2.63. The summed E-state index contributed by atoms with van der Waals surface area (Å²) in [7, 11) is 0. The summed E-state index contributed by atoms with van der Waals surface area (Å²) < 4.78 is 0. The Morgan fingerprint density at radius 1 is 1.06 bits per heavy atom. The predicted molar refractivity (Wildman–Crippen MR) is 55.1 cm³/mol. The van der Waals surface area contributed by atoms with Gasteiger partial charge in [-0.25, -0.2) is 0 Å².